The summed E-state index contributed by atoms with van der Waals surface area (Å²) < 4.78 is 15.0. The summed E-state index contributed by atoms with van der Waals surface area (Å²) in [5.74, 6) is -0.265. The highest BCUT2D eigenvalue weighted by Gasteiger charge is 2.35. The van der Waals surface area contributed by atoms with Crippen molar-refractivity contribution < 1.29 is 9.18 Å². The van der Waals surface area contributed by atoms with Crippen LogP contribution in [0.4, 0.5) is 15.8 Å². The Kier molecular flexibility index (Phi) is 5.22. The average Bonchev–Trinajstić information content (AvgIpc) is 3.02. The first-order chi connectivity index (χ1) is 14.2. The predicted molar refractivity (Wildman–Crippen MR) is 124 cm³/mol. The normalized spacial score (nSPS) is 23.1. The zero-order chi connectivity index (χ0) is 21.6. The second kappa shape index (κ2) is 7.58. The Morgan fingerprint density at radius 1 is 1.30 bits per heavy atom. The number of aryl methyl sites for hydroxylation is 1. The zero-order valence-corrected chi connectivity index (χ0v) is 18.7. The van der Waals surface area contributed by atoms with Gasteiger partial charge in [0, 0.05) is 23.8 Å². The molecule has 2 heterocycles. The highest BCUT2D eigenvalue weighted by atomic mass is 32.2. The molecule has 1 atom stereocenters. The van der Waals surface area contributed by atoms with Crippen LogP contribution in [0.2, 0.25) is 0 Å². The summed E-state index contributed by atoms with van der Waals surface area (Å²) in [6.45, 7) is 8.50. The van der Waals surface area contributed by atoms with Gasteiger partial charge in [-0.3, -0.25) is 4.79 Å². The number of amidine groups is 1. The molecule has 1 fully saturated rings. The minimum absolute atomic E-state index is 0.0268. The van der Waals surface area contributed by atoms with Gasteiger partial charge in [-0.25, -0.2) is 9.38 Å². The molecule has 2 aliphatic rings. The molecule has 0 saturated carbocycles. The summed E-state index contributed by atoms with van der Waals surface area (Å²) in [4.78, 5) is 19.6. The number of hydrogen-bond donors (Lipinski definition) is 1. The van der Waals surface area contributed by atoms with E-state index in [1.807, 2.05) is 44.3 Å². The third-order valence-corrected chi connectivity index (χ3v) is 6.94. The topological polar surface area (TPSA) is 44.7 Å². The van der Waals surface area contributed by atoms with Crippen LogP contribution in [0, 0.1) is 12.7 Å². The molecule has 156 valence electrons. The van der Waals surface area contributed by atoms with Crippen LogP contribution in [-0.2, 0) is 4.79 Å². The van der Waals surface area contributed by atoms with E-state index in [2.05, 4.69) is 36.0 Å². The number of carbonyl (C=O) groups excluding carboxylic acids is 1. The quantitative estimate of drug-likeness (QED) is 0.626. The van der Waals surface area contributed by atoms with Gasteiger partial charge in [-0.15, -0.1) is 0 Å². The summed E-state index contributed by atoms with van der Waals surface area (Å²) in [6.07, 6.45) is 2.61. The van der Waals surface area contributed by atoms with Crippen LogP contribution in [0.3, 0.4) is 0 Å². The molecule has 4 rings (SSSR count). The maximum Gasteiger partial charge on any atom is 0.264 e. The molecule has 0 aromatic heterocycles. The Morgan fingerprint density at radius 2 is 2.03 bits per heavy atom. The monoisotopic (exact) mass is 423 g/mol. The summed E-state index contributed by atoms with van der Waals surface area (Å²) in [7, 11) is 2.01. The van der Waals surface area contributed by atoms with Crippen molar-refractivity contribution in [2.24, 2.45) is 4.99 Å². The molecule has 30 heavy (non-hydrogen) atoms. The fourth-order valence-electron chi connectivity index (χ4n) is 4.14. The number of halogens is 1. The van der Waals surface area contributed by atoms with Gasteiger partial charge in [0.1, 0.15) is 5.82 Å². The molecule has 0 spiro atoms. The first-order valence-corrected chi connectivity index (χ1v) is 10.9. The second-order valence-electron chi connectivity index (χ2n) is 8.68. The van der Waals surface area contributed by atoms with Crippen molar-refractivity contribution in [3.63, 3.8) is 0 Å². The van der Waals surface area contributed by atoms with Crippen LogP contribution in [0.1, 0.15) is 49.8 Å². The number of amides is 1. The summed E-state index contributed by atoms with van der Waals surface area (Å²) in [6, 6.07) is 11.2. The van der Waals surface area contributed by atoms with Crippen LogP contribution < -0.4 is 10.2 Å². The number of thioether (sulfide) groups is 1. The number of aliphatic imine (C=N–C) groups is 1. The first kappa shape index (κ1) is 20.7. The van der Waals surface area contributed by atoms with E-state index in [1.165, 1.54) is 11.8 Å². The molecule has 2 aliphatic heterocycles. The van der Waals surface area contributed by atoms with E-state index >= 15 is 0 Å². The number of rotatable bonds is 2. The number of nitrogens with zero attached hydrogens (tertiary/aromatic N) is 2. The van der Waals surface area contributed by atoms with Crippen molar-refractivity contribution in [1.29, 1.82) is 0 Å². The van der Waals surface area contributed by atoms with E-state index < -0.39 is 0 Å². The number of benzene rings is 2. The van der Waals surface area contributed by atoms with Crippen molar-refractivity contribution in [1.82, 2.24) is 5.32 Å². The number of fused-ring (bicyclic) bond motifs is 1. The van der Waals surface area contributed by atoms with Gasteiger partial charge in [-0.05, 0) is 80.3 Å². The van der Waals surface area contributed by atoms with E-state index in [-0.39, 0.29) is 17.3 Å². The summed E-state index contributed by atoms with van der Waals surface area (Å²) in [5, 5.41) is 3.29. The number of hydrogen-bond acceptors (Lipinski definition) is 4. The average molecular weight is 424 g/mol. The molecule has 0 bridgehead atoms. The molecule has 1 N–H and O–H groups in total. The SMILES string of the molecule is Cc1ccccc1N=C1NC(=O)/C(=C\c2cc3c(cc2F)N(C)C(C)(C)CC3C)S1. The van der Waals surface area contributed by atoms with Gasteiger partial charge in [-0.2, -0.15) is 0 Å². The highest BCUT2D eigenvalue weighted by Crippen LogP contribution is 2.43. The molecule has 2 aromatic carbocycles. The number of nitrogens with one attached hydrogen (secondary N) is 1. The molecular weight excluding hydrogens is 397 g/mol. The Morgan fingerprint density at radius 3 is 2.77 bits per heavy atom. The van der Waals surface area contributed by atoms with E-state index in [9.17, 15) is 9.18 Å². The van der Waals surface area contributed by atoms with Gasteiger partial charge in [0.2, 0.25) is 0 Å². The highest BCUT2D eigenvalue weighted by molar-refractivity contribution is 8.18. The number of carbonyl (C=O) groups is 1. The van der Waals surface area contributed by atoms with Crippen LogP contribution in [0.25, 0.3) is 6.08 Å². The van der Waals surface area contributed by atoms with Gasteiger partial charge >= 0.3 is 0 Å². The third-order valence-electron chi connectivity index (χ3n) is 6.03. The minimum atomic E-state index is -0.323. The molecule has 0 aliphatic carbocycles. The molecule has 1 saturated heterocycles. The fraction of sp³-hybridized carbons (Fsp3) is 0.333. The van der Waals surface area contributed by atoms with Crippen LogP contribution >= 0.6 is 11.8 Å². The van der Waals surface area contributed by atoms with Gasteiger partial charge in [0.15, 0.2) is 5.17 Å². The van der Waals surface area contributed by atoms with E-state index in [4.69, 9.17) is 0 Å². The van der Waals surface area contributed by atoms with E-state index in [0.29, 0.717) is 21.6 Å². The lowest BCUT2D eigenvalue weighted by Crippen LogP contribution is -2.45. The predicted octanol–water partition coefficient (Wildman–Crippen LogP) is 5.75. The molecule has 0 radical (unpaired) electrons. The van der Waals surface area contributed by atoms with Crippen molar-refractivity contribution in [2.45, 2.75) is 45.6 Å². The van der Waals surface area contributed by atoms with Gasteiger partial charge < -0.3 is 10.2 Å². The van der Waals surface area contributed by atoms with Gasteiger partial charge in [0.25, 0.3) is 5.91 Å². The number of para-hydroxylation sites is 1. The molecular formula is C24H26FN3OS. The first-order valence-electron chi connectivity index (χ1n) is 10.1. The molecule has 1 unspecified atom stereocenters. The van der Waals surface area contributed by atoms with Crippen LogP contribution in [-0.4, -0.2) is 23.7 Å². The summed E-state index contributed by atoms with van der Waals surface area (Å²) in [5.41, 5.74) is 4.27. The third kappa shape index (κ3) is 3.76. The van der Waals surface area contributed by atoms with Crippen LogP contribution in [0.15, 0.2) is 46.3 Å². The van der Waals surface area contributed by atoms with Crippen molar-refractivity contribution in [3.8, 4) is 0 Å². The van der Waals surface area contributed by atoms with Gasteiger partial charge in [0.05, 0.1) is 10.6 Å². The maximum absolute atomic E-state index is 15.0. The lowest BCUT2D eigenvalue weighted by Gasteiger charge is -2.45. The Bertz CT molecular complexity index is 1090. The molecule has 2 aromatic rings. The second-order valence-corrected chi connectivity index (χ2v) is 9.71. The van der Waals surface area contributed by atoms with Crippen molar-refractivity contribution >= 4 is 40.3 Å². The Hall–Kier alpha value is -2.60. The van der Waals surface area contributed by atoms with Crippen molar-refractivity contribution in [3.05, 3.63) is 63.8 Å². The fourth-order valence-corrected chi connectivity index (χ4v) is 4.96. The molecule has 6 heteroatoms. The standard InChI is InChI=1S/C24H26FN3OS/c1-14-8-6-7-9-19(14)26-23-27-22(29)21(30-23)11-16-10-17-15(2)13-24(3,4)28(5)20(17)12-18(16)25/h6-12,15H,13H2,1-5H3,(H,26,27,29)/b21-11+. The smallest absolute Gasteiger partial charge is 0.264 e. The lowest BCUT2D eigenvalue weighted by molar-refractivity contribution is -0.115. The van der Waals surface area contributed by atoms with E-state index in [0.717, 1.165) is 28.9 Å². The summed E-state index contributed by atoms with van der Waals surface area (Å²) >= 11 is 1.24. The van der Waals surface area contributed by atoms with Crippen molar-refractivity contribution in [2.75, 3.05) is 11.9 Å². The zero-order valence-electron chi connectivity index (χ0n) is 17.9. The largest absolute Gasteiger partial charge is 0.369 e. The number of anilines is 1. The molecule has 1 amide bonds. The van der Waals surface area contributed by atoms with E-state index in [1.54, 1.807) is 12.1 Å². The Balaban J connectivity index is 1.67. The van der Waals surface area contributed by atoms with Gasteiger partial charge in [-0.1, -0.05) is 25.1 Å². The lowest BCUT2D eigenvalue weighted by atomic mass is 9.80. The molecule has 4 nitrogen and oxygen atoms in total. The van der Waals surface area contributed by atoms with Crippen LogP contribution in [0.5, 0.6) is 0 Å². The Labute approximate surface area is 181 Å². The minimum Gasteiger partial charge on any atom is -0.369 e. The maximum atomic E-state index is 15.0.